The standard InChI is InChI=1S/C22H36N5OP/c1-5-24-22(27(23)26-15-18-8-7-9-19(18)16-26)14-17(3)25-20-10-12-21(13-11-20)29(4,28)6-2/h5,10-14,17-19,25H,6-9,15-16,23H2,1-4H3/b22-14+,24-5-. The van der Waals surface area contributed by atoms with E-state index < -0.39 is 7.14 Å². The molecule has 29 heavy (non-hydrogen) atoms. The van der Waals surface area contributed by atoms with E-state index in [1.807, 2.05) is 44.8 Å². The fourth-order valence-corrected chi connectivity index (χ4v) is 5.57. The number of nitrogens with zero attached hydrogens (tertiary/aromatic N) is 3. The SMILES string of the molecule is C/C=N\C(=C/C(C)Nc1ccc(P(C)(=O)CC)cc1)N(N)N1CC2CCCC2C1. The van der Waals surface area contributed by atoms with Gasteiger partial charge in [0.1, 0.15) is 7.14 Å². The third kappa shape index (κ3) is 5.30. The summed E-state index contributed by atoms with van der Waals surface area (Å²) in [5, 5.41) is 8.37. The minimum atomic E-state index is -2.23. The van der Waals surface area contributed by atoms with E-state index in [4.69, 9.17) is 5.84 Å². The van der Waals surface area contributed by atoms with Crippen LogP contribution < -0.4 is 16.5 Å². The van der Waals surface area contributed by atoms with Gasteiger partial charge in [0.15, 0.2) is 5.82 Å². The lowest BCUT2D eigenvalue weighted by atomic mass is 10.0. The van der Waals surface area contributed by atoms with Crippen LogP contribution >= 0.6 is 7.14 Å². The van der Waals surface area contributed by atoms with Crippen LogP contribution in [0, 0.1) is 11.8 Å². The van der Waals surface area contributed by atoms with Crippen LogP contribution in [0.4, 0.5) is 5.69 Å². The van der Waals surface area contributed by atoms with E-state index in [0.717, 1.165) is 41.7 Å². The van der Waals surface area contributed by atoms with Crippen molar-refractivity contribution in [3.63, 3.8) is 0 Å². The minimum Gasteiger partial charge on any atom is -0.379 e. The Morgan fingerprint density at radius 2 is 1.97 bits per heavy atom. The maximum absolute atomic E-state index is 12.5. The molecule has 2 aliphatic rings. The number of hydrogen-bond donors (Lipinski definition) is 2. The summed E-state index contributed by atoms with van der Waals surface area (Å²) in [5.41, 5.74) is 0.993. The largest absolute Gasteiger partial charge is 0.379 e. The molecule has 0 spiro atoms. The summed E-state index contributed by atoms with van der Waals surface area (Å²) in [5.74, 6) is 8.77. The first-order valence-electron chi connectivity index (χ1n) is 10.8. The number of nitrogens with two attached hydrogens (primary N) is 1. The number of hydrogen-bond acceptors (Lipinski definition) is 6. The molecule has 1 saturated heterocycles. The second-order valence-electron chi connectivity index (χ2n) is 8.48. The molecule has 0 bridgehead atoms. The van der Waals surface area contributed by atoms with Gasteiger partial charge in [0.25, 0.3) is 0 Å². The Bertz CT molecular complexity index is 779. The van der Waals surface area contributed by atoms with Crippen LogP contribution in [0.15, 0.2) is 41.2 Å². The smallest absolute Gasteiger partial charge is 0.156 e. The number of fused-ring (bicyclic) bond motifs is 1. The number of anilines is 1. The topological polar surface area (TPSA) is 74.0 Å². The van der Waals surface area contributed by atoms with Gasteiger partial charge in [-0.15, -0.1) is 0 Å². The highest BCUT2D eigenvalue weighted by atomic mass is 31.2. The van der Waals surface area contributed by atoms with Gasteiger partial charge in [0.05, 0.1) is 0 Å². The first-order valence-corrected chi connectivity index (χ1v) is 13.1. The highest BCUT2D eigenvalue weighted by molar-refractivity contribution is 7.70. The Morgan fingerprint density at radius 3 is 2.52 bits per heavy atom. The van der Waals surface area contributed by atoms with Gasteiger partial charge in [-0.3, -0.25) is 0 Å². The second kappa shape index (κ2) is 9.46. The third-order valence-corrected chi connectivity index (χ3v) is 8.92. The zero-order chi connectivity index (χ0) is 21.0. The van der Waals surface area contributed by atoms with Crippen LogP contribution in [0.5, 0.6) is 0 Å². The van der Waals surface area contributed by atoms with Crippen LogP contribution in [0.3, 0.4) is 0 Å². The summed E-state index contributed by atoms with van der Waals surface area (Å²) in [4.78, 5) is 4.52. The maximum Gasteiger partial charge on any atom is 0.156 e. The summed E-state index contributed by atoms with van der Waals surface area (Å²) >= 11 is 0. The lowest BCUT2D eigenvalue weighted by Crippen LogP contribution is -2.46. The Hall–Kier alpha value is -1.62. The molecule has 1 aliphatic heterocycles. The molecule has 4 unspecified atom stereocenters. The van der Waals surface area contributed by atoms with E-state index >= 15 is 0 Å². The van der Waals surface area contributed by atoms with E-state index in [0.29, 0.717) is 6.16 Å². The van der Waals surface area contributed by atoms with E-state index in [-0.39, 0.29) is 6.04 Å². The van der Waals surface area contributed by atoms with Crippen molar-refractivity contribution in [3.05, 3.63) is 36.2 Å². The molecule has 1 aromatic carbocycles. The zero-order valence-corrected chi connectivity index (χ0v) is 19.1. The van der Waals surface area contributed by atoms with Crippen molar-refractivity contribution in [2.24, 2.45) is 22.7 Å². The van der Waals surface area contributed by atoms with Gasteiger partial charge in [0.2, 0.25) is 0 Å². The molecule has 1 saturated carbocycles. The van der Waals surface area contributed by atoms with E-state index in [2.05, 4.69) is 28.3 Å². The van der Waals surface area contributed by atoms with Crippen LogP contribution in [0.2, 0.25) is 0 Å². The molecule has 0 amide bonds. The van der Waals surface area contributed by atoms with Crippen molar-refractivity contribution in [3.8, 4) is 0 Å². The second-order valence-corrected chi connectivity index (χ2v) is 11.8. The molecule has 1 heterocycles. The predicted molar refractivity (Wildman–Crippen MR) is 124 cm³/mol. The fourth-order valence-electron chi connectivity index (χ4n) is 4.43. The molecule has 1 aliphatic carbocycles. The highest BCUT2D eigenvalue weighted by Crippen LogP contribution is 2.39. The Labute approximate surface area is 175 Å². The first-order chi connectivity index (χ1) is 13.8. The molecule has 7 heteroatoms. The van der Waals surface area contributed by atoms with Crippen molar-refractivity contribution >= 4 is 24.3 Å². The third-order valence-electron chi connectivity index (χ3n) is 6.32. The number of nitrogens with one attached hydrogen (secondary N) is 1. The summed E-state index contributed by atoms with van der Waals surface area (Å²) in [6.45, 7) is 9.86. The summed E-state index contributed by atoms with van der Waals surface area (Å²) in [6, 6.07) is 7.97. The van der Waals surface area contributed by atoms with E-state index in [1.165, 1.54) is 19.3 Å². The molecule has 0 aromatic heterocycles. The van der Waals surface area contributed by atoms with Crippen LogP contribution in [-0.2, 0) is 4.57 Å². The average molecular weight is 418 g/mol. The molecular formula is C22H36N5OP. The summed E-state index contributed by atoms with van der Waals surface area (Å²) < 4.78 is 12.5. The molecule has 2 fully saturated rings. The van der Waals surface area contributed by atoms with Crippen molar-refractivity contribution in [2.75, 3.05) is 31.2 Å². The molecule has 6 nitrogen and oxygen atoms in total. The molecule has 0 radical (unpaired) electrons. The van der Waals surface area contributed by atoms with Gasteiger partial charge in [-0.05, 0) is 75.5 Å². The van der Waals surface area contributed by atoms with Gasteiger partial charge in [-0.2, -0.15) is 0 Å². The van der Waals surface area contributed by atoms with Gasteiger partial charge < -0.3 is 9.88 Å². The highest BCUT2D eigenvalue weighted by Gasteiger charge is 2.38. The monoisotopic (exact) mass is 417 g/mol. The number of aliphatic imine (C=N–C) groups is 1. The van der Waals surface area contributed by atoms with Crippen molar-refractivity contribution in [1.29, 1.82) is 0 Å². The zero-order valence-electron chi connectivity index (χ0n) is 18.2. The van der Waals surface area contributed by atoms with E-state index in [1.54, 1.807) is 11.3 Å². The number of hydrazine groups is 2. The van der Waals surface area contributed by atoms with Gasteiger partial charge in [-0.25, -0.2) is 21.0 Å². The molecule has 4 atom stereocenters. The Kier molecular flexibility index (Phi) is 7.20. The van der Waals surface area contributed by atoms with Gasteiger partial charge in [-0.1, -0.05) is 13.3 Å². The summed E-state index contributed by atoms with van der Waals surface area (Å²) in [6.07, 6.45) is 8.52. The molecule has 1 aromatic rings. The normalized spacial score (nSPS) is 25.8. The van der Waals surface area contributed by atoms with Crippen LogP contribution in [0.25, 0.3) is 0 Å². The minimum absolute atomic E-state index is 0.0484. The Balaban J connectivity index is 1.66. The van der Waals surface area contributed by atoms with Crippen molar-refractivity contribution in [1.82, 2.24) is 10.1 Å². The molecule has 3 rings (SSSR count). The maximum atomic E-state index is 12.5. The van der Waals surface area contributed by atoms with Crippen molar-refractivity contribution in [2.45, 2.75) is 46.1 Å². The number of rotatable bonds is 8. The first kappa shape index (κ1) is 22.1. The van der Waals surface area contributed by atoms with Crippen LogP contribution in [0.1, 0.15) is 40.0 Å². The average Bonchev–Trinajstić information content (AvgIpc) is 3.29. The van der Waals surface area contributed by atoms with Crippen molar-refractivity contribution < 1.29 is 4.57 Å². The molecule has 160 valence electrons. The predicted octanol–water partition coefficient (Wildman–Crippen LogP) is 3.88. The quantitative estimate of drug-likeness (QED) is 0.291. The number of benzene rings is 1. The lowest BCUT2D eigenvalue weighted by Gasteiger charge is -2.30. The fraction of sp³-hybridized carbons (Fsp3) is 0.591. The lowest BCUT2D eigenvalue weighted by molar-refractivity contribution is 0.0226. The van der Waals surface area contributed by atoms with Crippen LogP contribution in [-0.4, -0.2) is 48.3 Å². The van der Waals surface area contributed by atoms with Gasteiger partial charge >= 0.3 is 0 Å². The van der Waals surface area contributed by atoms with Gasteiger partial charge in [0, 0.05) is 42.5 Å². The molecule has 3 N–H and O–H groups in total. The molecular weight excluding hydrogens is 381 g/mol. The Morgan fingerprint density at radius 1 is 1.34 bits per heavy atom. The summed E-state index contributed by atoms with van der Waals surface area (Å²) in [7, 11) is -2.23. The van der Waals surface area contributed by atoms with E-state index in [9.17, 15) is 4.57 Å².